The fourth-order valence-electron chi connectivity index (χ4n) is 2.11. The van der Waals surface area contributed by atoms with Crippen molar-refractivity contribution in [1.82, 2.24) is 9.88 Å². The largest absolute Gasteiger partial charge is 0.465 e. The van der Waals surface area contributed by atoms with Crippen LogP contribution in [0.1, 0.15) is 37.0 Å². The van der Waals surface area contributed by atoms with Gasteiger partial charge < -0.3 is 14.7 Å². The third-order valence-corrected chi connectivity index (χ3v) is 4.18. The predicted octanol–water partition coefficient (Wildman–Crippen LogP) is 2.00. The molecule has 0 unspecified atom stereocenters. The van der Waals surface area contributed by atoms with E-state index in [0.717, 1.165) is 10.7 Å². The molecule has 1 aromatic carbocycles. The van der Waals surface area contributed by atoms with E-state index in [2.05, 4.69) is 9.72 Å². The van der Waals surface area contributed by atoms with E-state index >= 15 is 0 Å². The summed E-state index contributed by atoms with van der Waals surface area (Å²) >= 11 is 1.49. The van der Waals surface area contributed by atoms with Crippen molar-refractivity contribution in [2.75, 3.05) is 14.2 Å². The van der Waals surface area contributed by atoms with Gasteiger partial charge in [0.25, 0.3) is 5.91 Å². The third kappa shape index (κ3) is 4.14. The summed E-state index contributed by atoms with van der Waals surface area (Å²) in [6, 6.07) is 4.54. The van der Waals surface area contributed by atoms with Crippen molar-refractivity contribution in [3.8, 4) is 0 Å². The Labute approximate surface area is 138 Å². The van der Waals surface area contributed by atoms with E-state index in [1.54, 1.807) is 13.1 Å². The van der Waals surface area contributed by atoms with Crippen LogP contribution >= 0.6 is 11.3 Å². The topological polar surface area (TPSA) is 79.7 Å². The second-order valence-electron chi connectivity index (χ2n) is 5.11. The summed E-state index contributed by atoms with van der Waals surface area (Å²) < 4.78 is 4.68. The lowest BCUT2D eigenvalue weighted by Gasteiger charge is -2.16. The van der Waals surface area contributed by atoms with E-state index in [-0.39, 0.29) is 18.1 Å². The first-order valence-electron chi connectivity index (χ1n) is 6.94. The molecule has 0 aliphatic heterocycles. The molecule has 0 fully saturated rings. The Hall–Kier alpha value is -2.25. The van der Waals surface area contributed by atoms with Crippen molar-refractivity contribution in [1.29, 1.82) is 0 Å². The Bertz CT molecular complexity index is 727. The number of esters is 1. The van der Waals surface area contributed by atoms with Crippen molar-refractivity contribution < 1.29 is 19.4 Å². The predicted molar refractivity (Wildman–Crippen MR) is 86.4 cm³/mol. The van der Waals surface area contributed by atoms with Crippen LogP contribution < -0.4 is 0 Å². The maximum Gasteiger partial charge on any atom is 0.337 e. The number of amides is 1. The molecule has 0 radical (unpaired) electrons. The Morgan fingerprint density at radius 3 is 2.57 bits per heavy atom. The molecule has 0 aliphatic carbocycles. The lowest BCUT2D eigenvalue weighted by Crippen LogP contribution is -2.26. The Morgan fingerprint density at radius 1 is 1.30 bits per heavy atom. The number of aromatic nitrogens is 1. The van der Waals surface area contributed by atoms with Crippen LogP contribution in [0.2, 0.25) is 0 Å². The fourth-order valence-corrected chi connectivity index (χ4v) is 2.94. The zero-order chi connectivity index (χ0) is 17.0. The average Bonchev–Trinajstić information content (AvgIpc) is 2.97. The number of hydrogen-bond donors (Lipinski definition) is 1. The highest BCUT2D eigenvalue weighted by molar-refractivity contribution is 7.09. The first-order chi connectivity index (χ1) is 10.9. The number of nitrogens with zero attached hydrogens (tertiary/aromatic N) is 2. The summed E-state index contributed by atoms with van der Waals surface area (Å²) in [6.07, 6.45) is 0. The zero-order valence-electron chi connectivity index (χ0n) is 13.2. The Morgan fingerprint density at radius 2 is 2.00 bits per heavy atom. The van der Waals surface area contributed by atoms with Crippen LogP contribution in [0.5, 0.6) is 0 Å². The van der Waals surface area contributed by atoms with Gasteiger partial charge in [0, 0.05) is 23.7 Å². The smallest absolute Gasteiger partial charge is 0.337 e. The maximum atomic E-state index is 12.6. The van der Waals surface area contributed by atoms with Crippen molar-refractivity contribution >= 4 is 23.2 Å². The van der Waals surface area contributed by atoms with E-state index in [9.17, 15) is 14.7 Å². The maximum absolute atomic E-state index is 12.6. The second kappa shape index (κ2) is 7.34. The van der Waals surface area contributed by atoms with Crippen molar-refractivity contribution in [3.05, 3.63) is 51.0 Å². The molecule has 0 bridgehead atoms. The van der Waals surface area contributed by atoms with E-state index in [4.69, 9.17) is 0 Å². The first-order valence-corrected chi connectivity index (χ1v) is 7.82. The van der Waals surface area contributed by atoms with Gasteiger partial charge in [0.2, 0.25) is 0 Å². The van der Waals surface area contributed by atoms with Gasteiger partial charge >= 0.3 is 5.97 Å². The highest BCUT2D eigenvalue weighted by Gasteiger charge is 2.17. The van der Waals surface area contributed by atoms with Crippen molar-refractivity contribution in [2.45, 2.75) is 20.1 Å². The minimum absolute atomic E-state index is 0.237. The number of thiazole rings is 1. The zero-order valence-corrected chi connectivity index (χ0v) is 14.0. The van der Waals surface area contributed by atoms with Gasteiger partial charge in [-0.2, -0.15) is 0 Å². The molecule has 6 nitrogen and oxygen atoms in total. The molecule has 1 aromatic heterocycles. The summed E-state index contributed by atoms with van der Waals surface area (Å²) in [6.45, 7) is 2.02. The van der Waals surface area contributed by atoms with Gasteiger partial charge in [-0.3, -0.25) is 4.79 Å². The first kappa shape index (κ1) is 17.1. The monoisotopic (exact) mass is 334 g/mol. The lowest BCUT2D eigenvalue weighted by molar-refractivity contribution is 0.0600. The van der Waals surface area contributed by atoms with E-state index in [1.807, 2.05) is 12.3 Å². The molecule has 1 amide bonds. The molecule has 2 rings (SSSR count). The SMILES string of the molecule is COC(=O)c1cc(CO)cc(C(=O)N(C)Cc2nc(C)cs2)c1. The van der Waals surface area contributed by atoms with Gasteiger partial charge in [0.1, 0.15) is 5.01 Å². The minimum Gasteiger partial charge on any atom is -0.465 e. The number of benzene rings is 1. The van der Waals surface area contributed by atoms with Gasteiger partial charge in [0.05, 0.1) is 25.8 Å². The van der Waals surface area contributed by atoms with Gasteiger partial charge in [-0.1, -0.05) is 0 Å². The number of methoxy groups -OCH3 is 1. The van der Waals surface area contributed by atoms with Gasteiger partial charge in [-0.25, -0.2) is 9.78 Å². The summed E-state index contributed by atoms with van der Waals surface area (Å²) in [4.78, 5) is 30.1. The van der Waals surface area contributed by atoms with Crippen LogP contribution in [0, 0.1) is 6.92 Å². The average molecular weight is 334 g/mol. The summed E-state index contributed by atoms with van der Waals surface area (Å²) in [5.74, 6) is -0.800. The molecule has 0 saturated heterocycles. The molecular formula is C16H18N2O4S. The molecule has 7 heteroatoms. The molecule has 0 saturated carbocycles. The van der Waals surface area contributed by atoms with Crippen LogP contribution in [-0.4, -0.2) is 41.0 Å². The quantitative estimate of drug-likeness (QED) is 0.846. The van der Waals surface area contributed by atoms with Crippen LogP contribution in [0.4, 0.5) is 0 Å². The van der Waals surface area contributed by atoms with Crippen molar-refractivity contribution in [3.63, 3.8) is 0 Å². The van der Waals surface area contributed by atoms with Crippen LogP contribution in [0.15, 0.2) is 23.6 Å². The molecule has 0 spiro atoms. The highest BCUT2D eigenvalue weighted by Crippen LogP contribution is 2.16. The van der Waals surface area contributed by atoms with Crippen molar-refractivity contribution in [2.24, 2.45) is 0 Å². The van der Waals surface area contributed by atoms with Crippen LogP contribution in [0.3, 0.4) is 0 Å². The molecule has 23 heavy (non-hydrogen) atoms. The molecular weight excluding hydrogens is 316 g/mol. The third-order valence-electron chi connectivity index (χ3n) is 3.23. The molecule has 122 valence electrons. The summed E-state index contributed by atoms with van der Waals surface area (Å²) in [5.41, 5.74) is 1.96. The molecule has 2 aromatic rings. The standard InChI is InChI=1S/C16H18N2O4S/c1-10-9-23-14(17-10)7-18(2)15(20)12-4-11(8-19)5-13(6-12)16(21)22-3/h4-6,9,19H,7-8H2,1-3H3. The van der Waals surface area contributed by atoms with Gasteiger partial charge in [0.15, 0.2) is 0 Å². The van der Waals surface area contributed by atoms with E-state index in [1.165, 1.54) is 35.5 Å². The van der Waals surface area contributed by atoms with E-state index < -0.39 is 5.97 Å². The number of carbonyl (C=O) groups is 2. The molecule has 0 aliphatic rings. The summed E-state index contributed by atoms with van der Waals surface area (Å²) in [7, 11) is 2.94. The molecule has 1 N–H and O–H groups in total. The fraction of sp³-hybridized carbons (Fsp3) is 0.312. The Balaban J connectivity index is 2.25. The highest BCUT2D eigenvalue weighted by atomic mass is 32.1. The Kier molecular flexibility index (Phi) is 5.46. The van der Waals surface area contributed by atoms with Crippen LogP contribution in [-0.2, 0) is 17.9 Å². The number of hydrogen-bond acceptors (Lipinski definition) is 6. The molecule has 1 heterocycles. The lowest BCUT2D eigenvalue weighted by atomic mass is 10.0. The van der Waals surface area contributed by atoms with Gasteiger partial charge in [-0.15, -0.1) is 11.3 Å². The number of aliphatic hydroxyl groups is 1. The number of carbonyl (C=O) groups excluding carboxylic acids is 2. The summed E-state index contributed by atoms with van der Waals surface area (Å²) in [5, 5.41) is 12.1. The number of aryl methyl sites for hydroxylation is 1. The van der Waals surface area contributed by atoms with Crippen LogP contribution in [0.25, 0.3) is 0 Å². The number of aliphatic hydroxyl groups excluding tert-OH is 1. The minimum atomic E-state index is -0.549. The van der Waals surface area contributed by atoms with Gasteiger partial charge in [-0.05, 0) is 30.7 Å². The molecule has 0 atom stereocenters. The number of ether oxygens (including phenoxy) is 1. The van der Waals surface area contributed by atoms with E-state index in [0.29, 0.717) is 17.7 Å². The number of rotatable bonds is 5. The second-order valence-corrected chi connectivity index (χ2v) is 6.05. The normalized spacial score (nSPS) is 10.4.